The minimum atomic E-state index is 0.0194. The number of pyridine rings is 1. The summed E-state index contributed by atoms with van der Waals surface area (Å²) in [4.78, 5) is 23.9. The molecule has 0 bridgehead atoms. The normalized spacial score (nSPS) is 18.1. The molecule has 6 heteroatoms. The van der Waals surface area contributed by atoms with Crippen LogP contribution in [0, 0.1) is 0 Å². The summed E-state index contributed by atoms with van der Waals surface area (Å²) in [6.07, 6.45) is 7.04. The van der Waals surface area contributed by atoms with Crippen LogP contribution in [0.4, 0.5) is 10.6 Å². The van der Waals surface area contributed by atoms with Crippen molar-refractivity contribution in [3.63, 3.8) is 0 Å². The van der Waals surface area contributed by atoms with Gasteiger partial charge in [0.05, 0.1) is 0 Å². The Kier molecular flexibility index (Phi) is 7.19. The van der Waals surface area contributed by atoms with Crippen molar-refractivity contribution in [3.8, 4) is 0 Å². The minimum absolute atomic E-state index is 0.0194. The van der Waals surface area contributed by atoms with Crippen LogP contribution in [0.2, 0.25) is 0 Å². The average Bonchev–Trinajstić information content (AvgIpc) is 3.09. The molecule has 2 amide bonds. The van der Waals surface area contributed by atoms with Crippen LogP contribution in [-0.2, 0) is 13.1 Å². The lowest BCUT2D eigenvalue weighted by atomic mass is 10.2. The highest BCUT2D eigenvalue weighted by Gasteiger charge is 2.21. The highest BCUT2D eigenvalue weighted by molar-refractivity contribution is 5.74. The number of benzene rings is 1. The largest absolute Gasteiger partial charge is 0.357 e. The van der Waals surface area contributed by atoms with Crippen molar-refractivity contribution in [1.29, 1.82) is 0 Å². The molecule has 6 nitrogen and oxygen atoms in total. The highest BCUT2D eigenvalue weighted by atomic mass is 16.2. The van der Waals surface area contributed by atoms with Gasteiger partial charge < -0.3 is 15.1 Å². The summed E-state index contributed by atoms with van der Waals surface area (Å²) in [5, 5.41) is 3.06. The summed E-state index contributed by atoms with van der Waals surface area (Å²) >= 11 is 0. The van der Waals surface area contributed by atoms with Gasteiger partial charge in [-0.3, -0.25) is 4.90 Å². The Labute approximate surface area is 179 Å². The Morgan fingerprint density at radius 3 is 2.23 bits per heavy atom. The third-order valence-electron chi connectivity index (χ3n) is 6.09. The van der Waals surface area contributed by atoms with Gasteiger partial charge in [0.25, 0.3) is 0 Å². The van der Waals surface area contributed by atoms with E-state index in [2.05, 4.69) is 56.5 Å². The zero-order valence-corrected chi connectivity index (χ0v) is 17.8. The van der Waals surface area contributed by atoms with E-state index in [1.807, 2.05) is 17.2 Å². The predicted octanol–water partition coefficient (Wildman–Crippen LogP) is 3.49. The quantitative estimate of drug-likeness (QED) is 0.824. The van der Waals surface area contributed by atoms with E-state index in [0.29, 0.717) is 6.54 Å². The number of amides is 2. The van der Waals surface area contributed by atoms with Crippen LogP contribution >= 0.6 is 0 Å². The molecule has 0 saturated carbocycles. The van der Waals surface area contributed by atoms with Gasteiger partial charge in [0, 0.05) is 58.6 Å². The number of nitrogens with zero attached hydrogens (tertiary/aromatic N) is 4. The van der Waals surface area contributed by atoms with E-state index in [4.69, 9.17) is 0 Å². The number of carbonyl (C=O) groups is 1. The van der Waals surface area contributed by atoms with E-state index >= 15 is 0 Å². The molecule has 0 aliphatic carbocycles. The van der Waals surface area contributed by atoms with E-state index in [1.165, 1.54) is 31.2 Å². The number of urea groups is 1. The third-order valence-corrected chi connectivity index (χ3v) is 6.09. The average molecular weight is 408 g/mol. The molecule has 0 unspecified atom stereocenters. The molecule has 0 radical (unpaired) electrons. The lowest BCUT2D eigenvalue weighted by Gasteiger charge is -2.34. The Morgan fingerprint density at radius 1 is 0.833 bits per heavy atom. The van der Waals surface area contributed by atoms with Crippen LogP contribution < -0.4 is 10.2 Å². The summed E-state index contributed by atoms with van der Waals surface area (Å²) in [7, 11) is 0. The van der Waals surface area contributed by atoms with Gasteiger partial charge in [-0.25, -0.2) is 9.78 Å². The Bertz CT molecular complexity index is 779. The molecular weight excluding hydrogens is 374 g/mol. The number of piperazine rings is 1. The van der Waals surface area contributed by atoms with Crippen molar-refractivity contribution in [2.24, 2.45) is 0 Å². The van der Waals surface area contributed by atoms with Crippen LogP contribution in [0.25, 0.3) is 0 Å². The lowest BCUT2D eigenvalue weighted by Crippen LogP contribution is -2.51. The number of hydrogen-bond acceptors (Lipinski definition) is 4. The van der Waals surface area contributed by atoms with Crippen molar-refractivity contribution in [2.45, 2.75) is 38.8 Å². The molecule has 3 heterocycles. The van der Waals surface area contributed by atoms with Gasteiger partial charge in [-0.15, -0.1) is 0 Å². The molecule has 1 aromatic heterocycles. The molecule has 2 saturated heterocycles. The van der Waals surface area contributed by atoms with E-state index in [9.17, 15) is 4.79 Å². The van der Waals surface area contributed by atoms with Crippen LogP contribution in [0.5, 0.6) is 0 Å². The maximum Gasteiger partial charge on any atom is 0.317 e. The minimum Gasteiger partial charge on any atom is -0.357 e. The van der Waals surface area contributed by atoms with Gasteiger partial charge in [0.1, 0.15) is 5.82 Å². The Balaban J connectivity index is 1.20. The summed E-state index contributed by atoms with van der Waals surface area (Å²) in [6.45, 7) is 7.03. The second-order valence-electron chi connectivity index (χ2n) is 8.33. The van der Waals surface area contributed by atoms with Crippen molar-refractivity contribution in [2.75, 3.05) is 44.2 Å². The molecule has 2 aromatic rings. The van der Waals surface area contributed by atoms with Gasteiger partial charge in [-0.2, -0.15) is 0 Å². The standard InChI is InChI=1S/C24H33N5O/c30-24(29-16-14-27(15-17-29)20-21-8-4-3-5-9-21)26-19-22-10-11-23(25-18-22)28-12-6-1-2-7-13-28/h3-5,8-11,18H,1-2,6-7,12-17,19-20H2,(H,26,30). The zero-order chi connectivity index (χ0) is 20.6. The fourth-order valence-corrected chi connectivity index (χ4v) is 4.25. The number of hydrogen-bond donors (Lipinski definition) is 1. The van der Waals surface area contributed by atoms with Crippen LogP contribution in [0.3, 0.4) is 0 Å². The maximum atomic E-state index is 12.6. The summed E-state index contributed by atoms with van der Waals surface area (Å²) in [5.74, 6) is 1.06. The second-order valence-corrected chi connectivity index (χ2v) is 8.33. The summed E-state index contributed by atoms with van der Waals surface area (Å²) < 4.78 is 0. The van der Waals surface area contributed by atoms with Crippen molar-refractivity contribution in [3.05, 3.63) is 59.8 Å². The first-order chi connectivity index (χ1) is 14.8. The smallest absolute Gasteiger partial charge is 0.317 e. The second kappa shape index (κ2) is 10.4. The first-order valence-electron chi connectivity index (χ1n) is 11.3. The Hall–Kier alpha value is -2.60. The van der Waals surface area contributed by atoms with E-state index in [0.717, 1.165) is 57.2 Å². The van der Waals surface area contributed by atoms with Gasteiger partial charge in [0.2, 0.25) is 0 Å². The Morgan fingerprint density at radius 2 is 1.57 bits per heavy atom. The number of anilines is 1. The van der Waals surface area contributed by atoms with Crippen LogP contribution in [0.1, 0.15) is 36.8 Å². The van der Waals surface area contributed by atoms with Crippen LogP contribution in [0.15, 0.2) is 48.7 Å². The molecule has 160 valence electrons. The molecule has 0 atom stereocenters. The predicted molar refractivity (Wildman–Crippen MR) is 120 cm³/mol. The first-order valence-corrected chi connectivity index (χ1v) is 11.3. The number of carbonyl (C=O) groups excluding carboxylic acids is 1. The molecule has 2 aliphatic heterocycles. The summed E-state index contributed by atoms with van der Waals surface area (Å²) in [5.41, 5.74) is 2.37. The maximum absolute atomic E-state index is 12.6. The molecule has 30 heavy (non-hydrogen) atoms. The molecule has 1 aromatic carbocycles. The monoisotopic (exact) mass is 407 g/mol. The van der Waals surface area contributed by atoms with Crippen LogP contribution in [-0.4, -0.2) is 60.1 Å². The molecular formula is C24H33N5O. The number of aromatic nitrogens is 1. The fourth-order valence-electron chi connectivity index (χ4n) is 4.25. The van der Waals surface area contributed by atoms with Gasteiger partial charge >= 0.3 is 6.03 Å². The highest BCUT2D eigenvalue weighted by Crippen LogP contribution is 2.17. The first kappa shape index (κ1) is 20.7. The van der Waals surface area contributed by atoms with Crippen molar-refractivity contribution >= 4 is 11.8 Å². The molecule has 4 rings (SSSR count). The van der Waals surface area contributed by atoms with Crippen molar-refractivity contribution < 1.29 is 4.79 Å². The number of nitrogens with one attached hydrogen (secondary N) is 1. The van der Waals surface area contributed by atoms with E-state index in [1.54, 1.807) is 0 Å². The summed E-state index contributed by atoms with van der Waals surface area (Å²) in [6, 6.07) is 14.7. The van der Waals surface area contributed by atoms with Crippen molar-refractivity contribution in [1.82, 2.24) is 20.1 Å². The van der Waals surface area contributed by atoms with E-state index in [-0.39, 0.29) is 6.03 Å². The zero-order valence-electron chi connectivity index (χ0n) is 17.8. The van der Waals surface area contributed by atoms with Gasteiger partial charge in [-0.05, 0) is 30.0 Å². The molecule has 0 spiro atoms. The molecule has 2 fully saturated rings. The number of rotatable bonds is 5. The third kappa shape index (κ3) is 5.72. The van der Waals surface area contributed by atoms with Gasteiger partial charge in [0.15, 0.2) is 0 Å². The topological polar surface area (TPSA) is 51.7 Å². The molecule has 2 aliphatic rings. The van der Waals surface area contributed by atoms with E-state index < -0.39 is 0 Å². The molecule has 1 N–H and O–H groups in total. The van der Waals surface area contributed by atoms with Gasteiger partial charge in [-0.1, -0.05) is 49.2 Å². The fraction of sp³-hybridized carbons (Fsp3) is 0.500. The lowest BCUT2D eigenvalue weighted by molar-refractivity contribution is 0.135. The SMILES string of the molecule is O=C(NCc1ccc(N2CCCCCC2)nc1)N1CCN(Cc2ccccc2)CC1.